The Hall–Kier alpha value is -2.34. The van der Waals surface area contributed by atoms with Crippen LogP contribution < -0.4 is 4.74 Å². The molecule has 2 aromatic heterocycles. The van der Waals surface area contributed by atoms with Crippen LogP contribution in [0.4, 0.5) is 0 Å². The third kappa shape index (κ3) is 3.43. The minimum atomic E-state index is -0.439. The van der Waals surface area contributed by atoms with Gasteiger partial charge in [0.25, 0.3) is 0 Å². The Balaban J connectivity index is 1.64. The van der Waals surface area contributed by atoms with E-state index in [4.69, 9.17) is 13.9 Å². The van der Waals surface area contributed by atoms with Crippen molar-refractivity contribution in [2.24, 2.45) is 0 Å². The quantitative estimate of drug-likeness (QED) is 0.785. The molecular weight excluding hydrogens is 308 g/mol. The van der Waals surface area contributed by atoms with E-state index in [0.717, 1.165) is 36.6 Å². The number of carbonyl (C=O) groups is 1. The second-order valence-electron chi connectivity index (χ2n) is 6.03. The van der Waals surface area contributed by atoms with Gasteiger partial charge in [-0.3, -0.25) is 9.88 Å². The molecule has 1 aliphatic heterocycles. The molecule has 0 N–H and O–H groups in total. The van der Waals surface area contributed by atoms with Gasteiger partial charge in [0, 0.05) is 31.0 Å². The number of aryl methyl sites for hydroxylation is 1. The molecular formula is C18H22N2O4. The summed E-state index contributed by atoms with van der Waals surface area (Å²) in [5.41, 5.74) is 0.799. The van der Waals surface area contributed by atoms with Crippen molar-refractivity contribution in [1.29, 1.82) is 0 Å². The van der Waals surface area contributed by atoms with Gasteiger partial charge in [-0.25, -0.2) is 4.79 Å². The topological polar surface area (TPSA) is 64.8 Å². The molecule has 1 fully saturated rings. The van der Waals surface area contributed by atoms with Crippen LogP contribution in [0, 0.1) is 6.92 Å². The lowest BCUT2D eigenvalue weighted by Crippen LogP contribution is -2.27. The second-order valence-corrected chi connectivity index (χ2v) is 6.03. The van der Waals surface area contributed by atoms with Gasteiger partial charge in [0.05, 0.1) is 13.2 Å². The number of ether oxygens (including phenoxy) is 2. The van der Waals surface area contributed by atoms with Crippen LogP contribution in [-0.2, 0) is 4.74 Å². The molecule has 1 aliphatic rings. The first-order chi connectivity index (χ1) is 11.6. The molecule has 0 saturated carbocycles. The van der Waals surface area contributed by atoms with Crippen LogP contribution in [0.5, 0.6) is 5.75 Å². The maximum atomic E-state index is 11.7. The molecule has 3 rings (SSSR count). The van der Waals surface area contributed by atoms with E-state index < -0.39 is 5.97 Å². The number of aromatic nitrogens is 1. The number of esters is 1. The Morgan fingerprint density at radius 3 is 2.88 bits per heavy atom. The van der Waals surface area contributed by atoms with Crippen molar-refractivity contribution in [3.63, 3.8) is 0 Å². The maximum Gasteiger partial charge on any atom is 0.374 e. The van der Waals surface area contributed by atoms with E-state index in [1.54, 1.807) is 12.4 Å². The van der Waals surface area contributed by atoms with E-state index in [1.165, 1.54) is 7.11 Å². The van der Waals surface area contributed by atoms with Crippen molar-refractivity contribution >= 4 is 5.97 Å². The van der Waals surface area contributed by atoms with E-state index >= 15 is 0 Å². The highest BCUT2D eigenvalue weighted by Gasteiger charge is 2.30. The molecule has 6 nitrogen and oxygen atoms in total. The molecule has 128 valence electrons. The number of methoxy groups -OCH3 is 1. The van der Waals surface area contributed by atoms with Gasteiger partial charge in [-0.15, -0.1) is 0 Å². The highest BCUT2D eigenvalue weighted by Crippen LogP contribution is 2.29. The summed E-state index contributed by atoms with van der Waals surface area (Å²) >= 11 is 0. The lowest BCUT2D eigenvalue weighted by atomic mass is 10.2. The molecule has 0 aromatic carbocycles. The lowest BCUT2D eigenvalue weighted by Gasteiger charge is -2.22. The largest absolute Gasteiger partial charge is 0.489 e. The molecule has 2 aromatic rings. The number of hydrogen-bond donors (Lipinski definition) is 0. The first-order valence-electron chi connectivity index (χ1n) is 8.08. The molecule has 0 amide bonds. The Kier molecular flexibility index (Phi) is 4.85. The smallest absolute Gasteiger partial charge is 0.374 e. The normalized spacial score (nSPS) is 19.2. The van der Waals surface area contributed by atoms with Crippen LogP contribution in [0.15, 0.2) is 35.0 Å². The third-order valence-electron chi connectivity index (χ3n) is 4.40. The van der Waals surface area contributed by atoms with Gasteiger partial charge < -0.3 is 13.9 Å². The van der Waals surface area contributed by atoms with E-state index in [0.29, 0.717) is 0 Å². The summed E-state index contributed by atoms with van der Waals surface area (Å²) in [6.45, 7) is 5.67. The summed E-state index contributed by atoms with van der Waals surface area (Å²) < 4.78 is 16.5. The molecule has 2 atom stereocenters. The summed E-state index contributed by atoms with van der Waals surface area (Å²) in [5, 5.41) is 0. The van der Waals surface area contributed by atoms with Gasteiger partial charge in [-0.1, -0.05) is 0 Å². The maximum absolute atomic E-state index is 11.7. The number of hydrogen-bond acceptors (Lipinski definition) is 6. The first-order valence-corrected chi connectivity index (χ1v) is 8.08. The minimum Gasteiger partial charge on any atom is -0.489 e. The first kappa shape index (κ1) is 16.5. The Bertz CT molecular complexity index is 698. The van der Waals surface area contributed by atoms with Crippen molar-refractivity contribution in [3.8, 4) is 5.75 Å². The molecule has 1 saturated heterocycles. The van der Waals surface area contributed by atoms with Crippen molar-refractivity contribution in [3.05, 3.63) is 47.7 Å². The lowest BCUT2D eigenvalue weighted by molar-refractivity contribution is 0.0558. The average Bonchev–Trinajstić information content (AvgIpc) is 3.21. The van der Waals surface area contributed by atoms with Crippen LogP contribution in [0.2, 0.25) is 0 Å². The van der Waals surface area contributed by atoms with Crippen LogP contribution in [0.25, 0.3) is 0 Å². The van der Waals surface area contributed by atoms with Crippen molar-refractivity contribution < 1.29 is 18.7 Å². The van der Waals surface area contributed by atoms with E-state index in [9.17, 15) is 4.79 Å². The SMILES string of the molecule is COC(=O)c1oc([C@H](C)N2CC[C@@H](Oc3ccncc3)C2)cc1C. The number of rotatable bonds is 5. The van der Waals surface area contributed by atoms with E-state index in [2.05, 4.69) is 16.8 Å². The second kappa shape index (κ2) is 7.05. The van der Waals surface area contributed by atoms with Gasteiger partial charge in [-0.05, 0) is 38.5 Å². The summed E-state index contributed by atoms with van der Waals surface area (Å²) in [4.78, 5) is 18.0. The summed E-state index contributed by atoms with van der Waals surface area (Å²) in [7, 11) is 1.36. The standard InChI is InChI=1S/C18H22N2O4/c1-12-10-16(24-17(12)18(21)22-3)13(2)20-9-6-15(11-20)23-14-4-7-19-8-5-14/h4-5,7-8,10,13,15H,6,9,11H2,1-3H3/t13-,15+/m0/s1. The Morgan fingerprint density at radius 2 is 2.17 bits per heavy atom. The van der Waals surface area contributed by atoms with Crippen LogP contribution >= 0.6 is 0 Å². The van der Waals surface area contributed by atoms with Crippen molar-refractivity contribution in [2.45, 2.75) is 32.4 Å². The van der Waals surface area contributed by atoms with E-state index in [1.807, 2.05) is 25.1 Å². The number of nitrogens with zero attached hydrogens (tertiary/aromatic N) is 2. The highest BCUT2D eigenvalue weighted by molar-refractivity contribution is 5.87. The zero-order valence-electron chi connectivity index (χ0n) is 14.2. The van der Waals surface area contributed by atoms with E-state index in [-0.39, 0.29) is 17.9 Å². The monoisotopic (exact) mass is 330 g/mol. The van der Waals surface area contributed by atoms with Crippen LogP contribution in [-0.4, -0.2) is 42.2 Å². The van der Waals surface area contributed by atoms with Gasteiger partial charge in [0.15, 0.2) is 0 Å². The van der Waals surface area contributed by atoms with Crippen LogP contribution in [0.3, 0.4) is 0 Å². The van der Waals surface area contributed by atoms with Gasteiger partial charge in [0.1, 0.15) is 17.6 Å². The number of carbonyl (C=O) groups excluding carboxylic acids is 1. The minimum absolute atomic E-state index is 0.0770. The van der Waals surface area contributed by atoms with Gasteiger partial charge in [-0.2, -0.15) is 0 Å². The Morgan fingerprint density at radius 1 is 1.42 bits per heavy atom. The molecule has 24 heavy (non-hydrogen) atoms. The number of pyridine rings is 1. The predicted octanol–water partition coefficient (Wildman–Crippen LogP) is 2.98. The zero-order chi connectivity index (χ0) is 17.1. The molecule has 0 aliphatic carbocycles. The van der Waals surface area contributed by atoms with Gasteiger partial charge >= 0.3 is 5.97 Å². The van der Waals surface area contributed by atoms with Gasteiger partial charge in [0.2, 0.25) is 5.76 Å². The summed E-state index contributed by atoms with van der Waals surface area (Å²) in [6, 6.07) is 5.72. The van der Waals surface area contributed by atoms with Crippen molar-refractivity contribution in [2.75, 3.05) is 20.2 Å². The molecule has 0 spiro atoms. The fourth-order valence-electron chi connectivity index (χ4n) is 3.00. The number of likely N-dealkylation sites (tertiary alicyclic amines) is 1. The molecule has 0 unspecified atom stereocenters. The zero-order valence-corrected chi connectivity index (χ0v) is 14.2. The Labute approximate surface area is 141 Å². The highest BCUT2D eigenvalue weighted by atomic mass is 16.5. The summed E-state index contributed by atoms with van der Waals surface area (Å²) in [5.74, 6) is 1.46. The molecule has 3 heterocycles. The fourth-order valence-corrected chi connectivity index (χ4v) is 3.00. The molecule has 0 radical (unpaired) electrons. The van der Waals surface area contributed by atoms with Crippen LogP contribution in [0.1, 0.15) is 41.3 Å². The predicted molar refractivity (Wildman–Crippen MR) is 88.0 cm³/mol. The molecule has 6 heteroatoms. The summed E-state index contributed by atoms with van der Waals surface area (Å²) in [6.07, 6.45) is 4.55. The van der Waals surface area contributed by atoms with Crippen molar-refractivity contribution in [1.82, 2.24) is 9.88 Å². The average molecular weight is 330 g/mol. The number of furan rings is 1. The molecule has 0 bridgehead atoms. The third-order valence-corrected chi connectivity index (χ3v) is 4.40. The fraction of sp³-hybridized carbons (Fsp3) is 0.444.